The van der Waals surface area contributed by atoms with Crippen LogP contribution in [0.25, 0.3) is 5.70 Å². The van der Waals surface area contributed by atoms with Crippen molar-refractivity contribution < 1.29 is 0 Å². The molecule has 0 aliphatic carbocycles. The molecule has 2 N–H and O–H groups in total. The van der Waals surface area contributed by atoms with Crippen molar-refractivity contribution in [2.75, 3.05) is 5.32 Å². The van der Waals surface area contributed by atoms with E-state index in [1.807, 2.05) is 55.6 Å². The highest BCUT2D eigenvalue weighted by Crippen LogP contribution is 2.20. The van der Waals surface area contributed by atoms with E-state index in [1.54, 1.807) is 4.68 Å². The van der Waals surface area contributed by atoms with Crippen LogP contribution in [0.1, 0.15) is 11.5 Å². The summed E-state index contributed by atoms with van der Waals surface area (Å²) in [6.07, 6.45) is 1.86. The van der Waals surface area contributed by atoms with Crippen LogP contribution in [0.15, 0.2) is 55.2 Å². The number of benzene rings is 1. The summed E-state index contributed by atoms with van der Waals surface area (Å²) in [5.74, 6) is 1.34. The molecular formula is C15H15N5. The van der Waals surface area contributed by atoms with Crippen molar-refractivity contribution in [2.45, 2.75) is 6.92 Å². The van der Waals surface area contributed by atoms with E-state index in [0.717, 1.165) is 17.1 Å². The highest BCUT2D eigenvalue weighted by Gasteiger charge is 2.12. The lowest BCUT2D eigenvalue weighted by molar-refractivity contribution is 0.887. The van der Waals surface area contributed by atoms with Gasteiger partial charge in [-0.1, -0.05) is 24.8 Å². The average molecular weight is 265 g/mol. The van der Waals surface area contributed by atoms with Gasteiger partial charge in [-0.2, -0.15) is 9.67 Å². The van der Waals surface area contributed by atoms with Crippen LogP contribution in [0.4, 0.5) is 11.6 Å². The lowest BCUT2D eigenvalue weighted by Gasteiger charge is -2.09. The lowest BCUT2D eigenvalue weighted by atomic mass is 10.3. The smallest absolute Gasteiger partial charge is 0.230 e. The maximum atomic E-state index is 4.40. The van der Waals surface area contributed by atoms with Crippen molar-refractivity contribution in [2.24, 2.45) is 0 Å². The molecule has 0 bridgehead atoms. The molecule has 0 atom stereocenters. The molecule has 0 fully saturated rings. The number of nitrogens with one attached hydrogen (secondary N) is 2. The Bertz CT molecular complexity index is 710. The van der Waals surface area contributed by atoms with Gasteiger partial charge in [-0.25, -0.2) is 0 Å². The lowest BCUT2D eigenvalue weighted by Crippen LogP contribution is -2.05. The molecule has 0 radical (unpaired) electrons. The number of aryl methyl sites for hydroxylation is 1. The average Bonchev–Trinajstić information content (AvgIpc) is 3.09. The first-order valence-corrected chi connectivity index (χ1v) is 6.33. The Kier molecular flexibility index (Phi) is 3.09. The minimum absolute atomic E-state index is 0.647. The van der Waals surface area contributed by atoms with Crippen LogP contribution in [0.2, 0.25) is 0 Å². The predicted octanol–water partition coefficient (Wildman–Crippen LogP) is 3.18. The van der Waals surface area contributed by atoms with E-state index >= 15 is 0 Å². The Morgan fingerprint density at radius 1 is 1.20 bits per heavy atom. The van der Waals surface area contributed by atoms with Gasteiger partial charge in [0.1, 0.15) is 5.82 Å². The van der Waals surface area contributed by atoms with Gasteiger partial charge >= 0.3 is 0 Å². The first-order valence-electron chi connectivity index (χ1n) is 6.33. The predicted molar refractivity (Wildman–Crippen MR) is 79.7 cm³/mol. The third-order valence-electron chi connectivity index (χ3n) is 2.91. The van der Waals surface area contributed by atoms with Gasteiger partial charge < -0.3 is 10.3 Å². The zero-order chi connectivity index (χ0) is 13.9. The highest BCUT2D eigenvalue weighted by molar-refractivity contribution is 5.65. The van der Waals surface area contributed by atoms with Crippen molar-refractivity contribution in [3.05, 3.63) is 66.8 Å². The van der Waals surface area contributed by atoms with Gasteiger partial charge in [0, 0.05) is 11.9 Å². The van der Waals surface area contributed by atoms with E-state index < -0.39 is 0 Å². The normalized spacial score (nSPS) is 10.4. The maximum Gasteiger partial charge on any atom is 0.230 e. The van der Waals surface area contributed by atoms with Crippen molar-refractivity contribution in [1.82, 2.24) is 19.7 Å². The van der Waals surface area contributed by atoms with Gasteiger partial charge in [0.25, 0.3) is 0 Å². The summed E-state index contributed by atoms with van der Waals surface area (Å²) in [6.45, 7) is 5.93. The van der Waals surface area contributed by atoms with Gasteiger partial charge in [-0.3, -0.25) is 0 Å². The van der Waals surface area contributed by atoms with E-state index in [4.69, 9.17) is 0 Å². The highest BCUT2D eigenvalue weighted by atomic mass is 15.4. The summed E-state index contributed by atoms with van der Waals surface area (Å²) in [7, 11) is 0. The molecule has 1 aromatic carbocycles. The summed E-state index contributed by atoms with van der Waals surface area (Å²) >= 11 is 0. The zero-order valence-electron chi connectivity index (χ0n) is 11.2. The first kappa shape index (κ1) is 12.2. The maximum absolute atomic E-state index is 4.40. The van der Waals surface area contributed by atoms with Gasteiger partial charge in [-0.15, -0.1) is 5.10 Å². The fraction of sp³-hybridized carbons (Fsp3) is 0.0667. The van der Waals surface area contributed by atoms with Crippen LogP contribution in [0.3, 0.4) is 0 Å². The van der Waals surface area contributed by atoms with E-state index in [0.29, 0.717) is 11.8 Å². The molecule has 2 heterocycles. The molecule has 5 heteroatoms. The van der Waals surface area contributed by atoms with E-state index in [-0.39, 0.29) is 0 Å². The molecule has 2 aromatic heterocycles. The summed E-state index contributed by atoms with van der Waals surface area (Å²) in [5, 5.41) is 7.64. The van der Waals surface area contributed by atoms with E-state index in [2.05, 4.69) is 27.0 Å². The van der Waals surface area contributed by atoms with Crippen LogP contribution in [-0.2, 0) is 0 Å². The number of aromatic amines is 1. The number of rotatable bonds is 4. The van der Waals surface area contributed by atoms with Crippen molar-refractivity contribution in [3.63, 3.8) is 0 Å². The Balaban J connectivity index is 1.94. The van der Waals surface area contributed by atoms with Gasteiger partial charge in [0.05, 0.1) is 11.4 Å². The Labute approximate surface area is 117 Å². The molecular weight excluding hydrogens is 250 g/mol. The van der Waals surface area contributed by atoms with Gasteiger partial charge in [0.15, 0.2) is 0 Å². The number of para-hydroxylation sites is 1. The second kappa shape index (κ2) is 5.05. The standard InChI is InChI=1S/C15H15N5/c1-11(14-9-6-10-16-14)20-15(17-12(2)19-20)18-13-7-4-3-5-8-13/h3-10,16H,1H2,2H3,(H,17,18,19). The number of H-pyrrole nitrogens is 1. The SMILES string of the molecule is C=C(c1ccc[nH]1)n1nc(C)nc1Nc1ccccc1. The van der Waals surface area contributed by atoms with Gasteiger partial charge in [-0.05, 0) is 31.2 Å². The first-order chi connectivity index (χ1) is 9.74. The number of aromatic nitrogens is 4. The molecule has 3 aromatic rings. The molecule has 0 aliphatic heterocycles. The minimum Gasteiger partial charge on any atom is -0.360 e. The number of hydrogen-bond donors (Lipinski definition) is 2. The largest absolute Gasteiger partial charge is 0.360 e. The van der Waals surface area contributed by atoms with E-state index in [9.17, 15) is 0 Å². The van der Waals surface area contributed by atoms with Crippen LogP contribution in [-0.4, -0.2) is 19.7 Å². The summed E-state index contributed by atoms with van der Waals surface area (Å²) < 4.78 is 1.70. The topological polar surface area (TPSA) is 58.5 Å². The van der Waals surface area contributed by atoms with Crippen molar-refractivity contribution in [1.29, 1.82) is 0 Å². The number of hydrogen-bond acceptors (Lipinski definition) is 3. The van der Waals surface area contributed by atoms with Crippen molar-refractivity contribution >= 4 is 17.3 Å². The molecule has 5 nitrogen and oxygen atoms in total. The Morgan fingerprint density at radius 3 is 2.70 bits per heavy atom. The third kappa shape index (κ3) is 2.33. The number of nitrogens with zero attached hydrogens (tertiary/aromatic N) is 3. The fourth-order valence-corrected chi connectivity index (χ4v) is 1.96. The number of anilines is 2. The Morgan fingerprint density at radius 2 is 2.00 bits per heavy atom. The van der Waals surface area contributed by atoms with Crippen LogP contribution in [0, 0.1) is 6.92 Å². The molecule has 0 saturated carbocycles. The molecule has 0 aliphatic rings. The molecule has 0 unspecified atom stereocenters. The second-order valence-corrected chi connectivity index (χ2v) is 4.42. The molecule has 100 valence electrons. The molecule has 0 saturated heterocycles. The quantitative estimate of drug-likeness (QED) is 0.761. The molecule has 0 spiro atoms. The van der Waals surface area contributed by atoms with Crippen LogP contribution >= 0.6 is 0 Å². The summed E-state index contributed by atoms with van der Waals surface area (Å²) in [4.78, 5) is 7.52. The minimum atomic E-state index is 0.647. The molecule has 3 rings (SSSR count). The van der Waals surface area contributed by atoms with Crippen molar-refractivity contribution in [3.8, 4) is 0 Å². The summed E-state index contributed by atoms with van der Waals surface area (Å²) in [5.41, 5.74) is 2.61. The Hall–Kier alpha value is -2.82. The van der Waals surface area contributed by atoms with E-state index in [1.165, 1.54) is 0 Å². The molecule has 0 amide bonds. The fourth-order valence-electron chi connectivity index (χ4n) is 1.96. The zero-order valence-corrected chi connectivity index (χ0v) is 11.2. The summed E-state index contributed by atoms with van der Waals surface area (Å²) in [6, 6.07) is 13.7. The molecule has 20 heavy (non-hydrogen) atoms. The monoisotopic (exact) mass is 265 g/mol. The second-order valence-electron chi connectivity index (χ2n) is 4.42. The van der Waals surface area contributed by atoms with Gasteiger partial charge in [0.2, 0.25) is 5.95 Å². The third-order valence-corrected chi connectivity index (χ3v) is 2.91. The van der Waals surface area contributed by atoms with Crippen LogP contribution < -0.4 is 5.32 Å². The van der Waals surface area contributed by atoms with Crippen LogP contribution in [0.5, 0.6) is 0 Å².